The van der Waals surface area contributed by atoms with Crippen LogP contribution in [-0.4, -0.2) is 0 Å². The Kier molecular flexibility index (Phi) is 4.71. The van der Waals surface area contributed by atoms with E-state index in [9.17, 15) is 0 Å². The van der Waals surface area contributed by atoms with Gasteiger partial charge in [0.15, 0.2) is 0 Å². The van der Waals surface area contributed by atoms with Gasteiger partial charge in [-0.25, -0.2) is 0 Å². The second kappa shape index (κ2) is 7.09. The Morgan fingerprint density at radius 1 is 1.04 bits per heavy atom. The SMILES string of the molecule is N#CC(C#N)=C1C=C2C=C([NH2+]Cc3ccccc3)CC[C@@H]2CC1. The van der Waals surface area contributed by atoms with Crippen molar-refractivity contribution in [2.75, 3.05) is 0 Å². The number of hydrogen-bond donors (Lipinski definition) is 1. The number of nitrogens with zero attached hydrogens (tertiary/aromatic N) is 2. The van der Waals surface area contributed by atoms with Crippen LogP contribution in [0.15, 0.2) is 64.9 Å². The van der Waals surface area contributed by atoms with Crippen LogP contribution in [0.4, 0.5) is 0 Å². The van der Waals surface area contributed by atoms with E-state index >= 15 is 0 Å². The molecule has 114 valence electrons. The molecule has 0 unspecified atom stereocenters. The summed E-state index contributed by atoms with van der Waals surface area (Å²) < 4.78 is 0. The van der Waals surface area contributed by atoms with Crippen molar-refractivity contribution < 1.29 is 5.32 Å². The average Bonchev–Trinajstić information content (AvgIpc) is 2.61. The number of fused-ring (bicyclic) bond motifs is 1. The lowest BCUT2D eigenvalue weighted by molar-refractivity contribution is -0.625. The van der Waals surface area contributed by atoms with Gasteiger partial charge in [-0.1, -0.05) is 36.4 Å². The molecule has 2 aliphatic rings. The molecule has 0 amide bonds. The molecule has 0 heterocycles. The molecule has 23 heavy (non-hydrogen) atoms. The highest BCUT2D eigenvalue weighted by Crippen LogP contribution is 2.36. The van der Waals surface area contributed by atoms with Crippen molar-refractivity contribution in [3.8, 4) is 12.1 Å². The van der Waals surface area contributed by atoms with Crippen LogP contribution in [0.5, 0.6) is 0 Å². The molecular formula is C20H20N3+. The zero-order valence-corrected chi connectivity index (χ0v) is 13.1. The summed E-state index contributed by atoms with van der Waals surface area (Å²) in [6.45, 7) is 0.953. The molecule has 0 bridgehead atoms. The molecule has 3 heteroatoms. The molecule has 0 saturated heterocycles. The molecule has 1 aromatic rings. The number of nitrogens with two attached hydrogens (primary N) is 1. The van der Waals surface area contributed by atoms with Crippen molar-refractivity contribution in [1.82, 2.24) is 0 Å². The molecule has 2 aliphatic carbocycles. The summed E-state index contributed by atoms with van der Waals surface area (Å²) in [6.07, 6.45) is 8.54. The minimum absolute atomic E-state index is 0.268. The Morgan fingerprint density at radius 3 is 2.52 bits per heavy atom. The number of hydrogen-bond acceptors (Lipinski definition) is 2. The van der Waals surface area contributed by atoms with Gasteiger partial charge in [0.05, 0.1) is 0 Å². The molecule has 3 nitrogen and oxygen atoms in total. The van der Waals surface area contributed by atoms with Crippen LogP contribution in [-0.2, 0) is 6.54 Å². The molecule has 0 aromatic heterocycles. The van der Waals surface area contributed by atoms with Gasteiger partial charge in [0.1, 0.15) is 30.0 Å². The number of benzene rings is 1. The Balaban J connectivity index is 1.77. The normalized spacial score (nSPS) is 19.7. The number of rotatable bonds is 3. The highest BCUT2D eigenvalue weighted by molar-refractivity contribution is 5.49. The number of allylic oxidation sites excluding steroid dienone is 6. The van der Waals surface area contributed by atoms with Gasteiger partial charge in [0.25, 0.3) is 0 Å². The fourth-order valence-corrected chi connectivity index (χ4v) is 3.38. The smallest absolute Gasteiger partial charge is 0.132 e. The van der Waals surface area contributed by atoms with Crippen LogP contribution in [0, 0.1) is 28.6 Å². The van der Waals surface area contributed by atoms with E-state index in [1.807, 2.05) is 18.2 Å². The van der Waals surface area contributed by atoms with Gasteiger partial charge in [-0.3, -0.25) is 0 Å². The standard InChI is InChI=1S/C20H19N3/c21-12-19(13-22)17-7-6-16-8-9-20(11-18(16)10-17)23-14-15-4-2-1-3-5-15/h1-5,10-11,16,23H,6-9,14H2/p+1/t16-/m0/s1. The molecule has 0 fully saturated rings. The summed E-state index contributed by atoms with van der Waals surface area (Å²) in [6, 6.07) is 14.5. The molecule has 2 N–H and O–H groups in total. The summed E-state index contributed by atoms with van der Waals surface area (Å²) in [5.41, 5.74) is 5.16. The first-order valence-electron chi connectivity index (χ1n) is 8.13. The predicted octanol–water partition coefficient (Wildman–Crippen LogP) is 3.11. The number of nitriles is 2. The topological polar surface area (TPSA) is 64.2 Å². The first-order valence-corrected chi connectivity index (χ1v) is 8.13. The summed E-state index contributed by atoms with van der Waals surface area (Å²) in [5.74, 6) is 0.589. The quantitative estimate of drug-likeness (QED) is 0.872. The van der Waals surface area contributed by atoms with Gasteiger partial charge >= 0.3 is 0 Å². The Hall–Kier alpha value is -2.62. The lowest BCUT2D eigenvalue weighted by atomic mass is 9.78. The maximum atomic E-state index is 9.06. The maximum absolute atomic E-state index is 9.06. The van der Waals surface area contributed by atoms with Gasteiger partial charge in [-0.2, -0.15) is 10.5 Å². The van der Waals surface area contributed by atoms with Crippen LogP contribution in [0.3, 0.4) is 0 Å². The minimum Gasteiger partial charge on any atom is -0.314 e. The summed E-state index contributed by atoms with van der Waals surface area (Å²) >= 11 is 0. The van der Waals surface area contributed by atoms with E-state index in [-0.39, 0.29) is 5.57 Å². The van der Waals surface area contributed by atoms with Crippen LogP contribution < -0.4 is 5.32 Å². The van der Waals surface area contributed by atoms with Gasteiger partial charge in [-0.15, -0.1) is 0 Å². The average molecular weight is 302 g/mol. The lowest BCUT2D eigenvalue weighted by Gasteiger charge is -2.27. The van der Waals surface area contributed by atoms with Crippen molar-refractivity contribution >= 4 is 0 Å². The molecule has 0 radical (unpaired) electrons. The summed E-state index contributed by atoms with van der Waals surface area (Å²) in [5, 5.41) is 20.4. The molecule has 0 aliphatic heterocycles. The van der Waals surface area contributed by atoms with E-state index in [4.69, 9.17) is 10.5 Å². The lowest BCUT2D eigenvalue weighted by Crippen LogP contribution is -2.80. The van der Waals surface area contributed by atoms with Gasteiger partial charge in [-0.05, 0) is 42.4 Å². The second-order valence-electron chi connectivity index (χ2n) is 6.16. The van der Waals surface area contributed by atoms with Crippen molar-refractivity contribution in [2.24, 2.45) is 5.92 Å². The molecular weight excluding hydrogens is 282 g/mol. The predicted molar refractivity (Wildman–Crippen MR) is 88.4 cm³/mol. The van der Waals surface area contributed by atoms with E-state index in [2.05, 4.69) is 41.7 Å². The van der Waals surface area contributed by atoms with Crippen LogP contribution in [0.1, 0.15) is 31.2 Å². The zero-order chi connectivity index (χ0) is 16.1. The van der Waals surface area contributed by atoms with Gasteiger partial charge in [0, 0.05) is 12.0 Å². The number of quaternary nitrogens is 1. The first-order chi connectivity index (χ1) is 11.3. The first kappa shape index (κ1) is 15.3. The summed E-state index contributed by atoms with van der Waals surface area (Å²) in [4.78, 5) is 0. The molecule has 0 saturated carbocycles. The zero-order valence-electron chi connectivity index (χ0n) is 13.1. The van der Waals surface area contributed by atoms with Gasteiger partial charge in [0.2, 0.25) is 0 Å². The fraction of sp³-hybridized carbons (Fsp3) is 0.300. The maximum Gasteiger partial charge on any atom is 0.132 e. The van der Waals surface area contributed by atoms with E-state index in [0.29, 0.717) is 5.92 Å². The second-order valence-corrected chi connectivity index (χ2v) is 6.16. The third-order valence-corrected chi connectivity index (χ3v) is 4.70. The highest BCUT2D eigenvalue weighted by Gasteiger charge is 2.25. The Labute approximate surface area is 137 Å². The van der Waals surface area contributed by atoms with E-state index in [0.717, 1.165) is 31.4 Å². The largest absolute Gasteiger partial charge is 0.314 e. The third kappa shape index (κ3) is 3.59. The van der Waals surface area contributed by atoms with Crippen LogP contribution >= 0.6 is 0 Å². The molecule has 3 rings (SSSR count). The van der Waals surface area contributed by atoms with Crippen molar-refractivity contribution in [3.05, 3.63) is 70.5 Å². The highest BCUT2D eigenvalue weighted by atomic mass is 14.9. The monoisotopic (exact) mass is 302 g/mol. The van der Waals surface area contributed by atoms with Gasteiger partial charge < -0.3 is 5.32 Å². The van der Waals surface area contributed by atoms with Crippen molar-refractivity contribution in [1.29, 1.82) is 10.5 Å². The molecule has 1 aromatic carbocycles. The van der Waals surface area contributed by atoms with Crippen LogP contribution in [0.25, 0.3) is 0 Å². The minimum atomic E-state index is 0.268. The van der Waals surface area contributed by atoms with Crippen molar-refractivity contribution in [3.63, 3.8) is 0 Å². The molecule has 1 atom stereocenters. The van der Waals surface area contributed by atoms with Crippen molar-refractivity contribution in [2.45, 2.75) is 32.2 Å². The van der Waals surface area contributed by atoms with E-state index in [1.165, 1.54) is 23.3 Å². The Bertz CT molecular complexity index is 738. The summed E-state index contributed by atoms with van der Waals surface area (Å²) in [7, 11) is 0. The van der Waals surface area contributed by atoms with E-state index < -0.39 is 0 Å². The van der Waals surface area contributed by atoms with Crippen LogP contribution in [0.2, 0.25) is 0 Å². The fourth-order valence-electron chi connectivity index (χ4n) is 3.38. The Morgan fingerprint density at radius 2 is 1.78 bits per heavy atom. The molecule has 0 spiro atoms. The third-order valence-electron chi connectivity index (χ3n) is 4.70. The van der Waals surface area contributed by atoms with E-state index in [1.54, 1.807) is 0 Å².